The summed E-state index contributed by atoms with van der Waals surface area (Å²) >= 11 is 0. The lowest BCUT2D eigenvalue weighted by Crippen LogP contribution is -2.25. The normalized spacial score (nSPS) is 11.4. The molecule has 0 radical (unpaired) electrons. The van der Waals surface area contributed by atoms with Crippen molar-refractivity contribution in [1.82, 2.24) is 4.90 Å². The number of hydrogen-bond acceptors (Lipinski definition) is 1. The van der Waals surface area contributed by atoms with E-state index in [1.807, 2.05) is 6.92 Å². The predicted molar refractivity (Wildman–Crippen MR) is 61.0 cm³/mol. The van der Waals surface area contributed by atoms with Crippen molar-refractivity contribution in [2.24, 2.45) is 0 Å². The Kier molecular flexibility index (Phi) is 7.71. The molecule has 0 N–H and O–H groups in total. The van der Waals surface area contributed by atoms with Crippen LogP contribution in [0.3, 0.4) is 0 Å². The molecule has 0 aromatic rings. The Labute approximate surface area is 83.1 Å². The fourth-order valence-corrected chi connectivity index (χ4v) is 1.33. The summed E-state index contributed by atoms with van der Waals surface area (Å²) in [4.78, 5) is 2.47. The largest absolute Gasteiger partial charge is 0.300 e. The van der Waals surface area contributed by atoms with Gasteiger partial charge in [-0.2, -0.15) is 0 Å². The number of hydrogen-bond donors (Lipinski definition) is 0. The van der Waals surface area contributed by atoms with E-state index in [4.69, 9.17) is 0 Å². The van der Waals surface area contributed by atoms with Crippen LogP contribution >= 0.6 is 0 Å². The smallest absolute Gasteiger partial charge is 0.0166 e. The van der Waals surface area contributed by atoms with Gasteiger partial charge in [0.15, 0.2) is 0 Å². The highest BCUT2D eigenvalue weighted by Gasteiger charge is 1.98. The van der Waals surface area contributed by atoms with Crippen LogP contribution in [-0.4, -0.2) is 24.5 Å². The Morgan fingerprint density at radius 3 is 2.15 bits per heavy atom. The zero-order valence-electron chi connectivity index (χ0n) is 9.34. The second kappa shape index (κ2) is 8.06. The summed E-state index contributed by atoms with van der Waals surface area (Å²) in [6.07, 6.45) is 6.77. The van der Waals surface area contributed by atoms with Crippen molar-refractivity contribution in [3.05, 3.63) is 24.3 Å². The summed E-state index contributed by atoms with van der Waals surface area (Å²) in [5.74, 6) is 0. The van der Waals surface area contributed by atoms with Crippen molar-refractivity contribution in [3.8, 4) is 0 Å². The van der Waals surface area contributed by atoms with E-state index in [9.17, 15) is 0 Å². The van der Waals surface area contributed by atoms with Crippen molar-refractivity contribution in [2.45, 2.75) is 33.6 Å². The molecule has 0 amide bonds. The van der Waals surface area contributed by atoms with Crippen LogP contribution < -0.4 is 0 Å². The Morgan fingerprint density at radius 2 is 1.77 bits per heavy atom. The van der Waals surface area contributed by atoms with Crippen LogP contribution in [0.4, 0.5) is 0 Å². The first-order valence-electron chi connectivity index (χ1n) is 5.25. The quantitative estimate of drug-likeness (QED) is 0.545. The molecular weight excluding hydrogens is 158 g/mol. The van der Waals surface area contributed by atoms with E-state index < -0.39 is 0 Å². The zero-order chi connectivity index (χ0) is 10.1. The van der Waals surface area contributed by atoms with Crippen LogP contribution in [0.1, 0.15) is 33.6 Å². The highest BCUT2D eigenvalue weighted by atomic mass is 15.1. The van der Waals surface area contributed by atoms with Gasteiger partial charge < -0.3 is 0 Å². The number of rotatable bonds is 7. The van der Waals surface area contributed by atoms with E-state index in [2.05, 4.69) is 37.5 Å². The molecule has 0 saturated carbocycles. The van der Waals surface area contributed by atoms with Gasteiger partial charge in [-0.15, -0.1) is 0 Å². The third-order valence-electron chi connectivity index (χ3n) is 1.85. The molecule has 0 aromatic carbocycles. The van der Waals surface area contributed by atoms with E-state index in [0.717, 1.165) is 12.1 Å². The first kappa shape index (κ1) is 12.4. The van der Waals surface area contributed by atoms with Gasteiger partial charge in [-0.3, -0.25) is 4.90 Å². The molecule has 1 nitrogen and oxygen atoms in total. The lowest BCUT2D eigenvalue weighted by Gasteiger charge is -2.18. The molecule has 0 aliphatic rings. The first-order valence-corrected chi connectivity index (χ1v) is 5.25. The van der Waals surface area contributed by atoms with Gasteiger partial charge in [0.05, 0.1) is 0 Å². The van der Waals surface area contributed by atoms with E-state index in [1.54, 1.807) is 0 Å². The Hall–Kier alpha value is -0.560. The highest BCUT2D eigenvalue weighted by molar-refractivity contribution is 5.11. The molecule has 0 spiro atoms. The van der Waals surface area contributed by atoms with Gasteiger partial charge in [0.1, 0.15) is 0 Å². The summed E-state index contributed by atoms with van der Waals surface area (Å²) < 4.78 is 0. The predicted octanol–water partition coefficient (Wildman–Crippen LogP) is 3.24. The molecule has 0 atom stereocenters. The summed E-state index contributed by atoms with van der Waals surface area (Å²) in [6, 6.07) is 0. The number of nitrogens with zero attached hydrogens (tertiary/aromatic N) is 1. The van der Waals surface area contributed by atoms with E-state index in [1.165, 1.54) is 25.9 Å². The SMILES string of the molecule is C=C(C)/C=C/CN(CCC)CCC. The Balaban J connectivity index is 3.73. The maximum atomic E-state index is 3.84. The average molecular weight is 181 g/mol. The maximum absolute atomic E-state index is 3.84. The molecule has 0 aliphatic heterocycles. The number of allylic oxidation sites excluding steroid dienone is 2. The van der Waals surface area contributed by atoms with E-state index in [-0.39, 0.29) is 0 Å². The van der Waals surface area contributed by atoms with Gasteiger partial charge in [0, 0.05) is 6.54 Å². The first-order chi connectivity index (χ1) is 6.20. The maximum Gasteiger partial charge on any atom is 0.0166 e. The zero-order valence-corrected chi connectivity index (χ0v) is 9.34. The average Bonchev–Trinajstić information content (AvgIpc) is 2.04. The molecule has 0 rings (SSSR count). The van der Waals surface area contributed by atoms with Crippen molar-refractivity contribution in [3.63, 3.8) is 0 Å². The Bertz CT molecular complexity index is 153. The fraction of sp³-hybridized carbons (Fsp3) is 0.667. The fourth-order valence-electron chi connectivity index (χ4n) is 1.33. The standard InChI is InChI=1S/C12H23N/c1-5-9-13(10-6-2)11-7-8-12(3)4/h7-8H,3,5-6,9-11H2,1-2,4H3/b8-7+. The molecule has 76 valence electrons. The van der Waals surface area contributed by atoms with E-state index in [0.29, 0.717) is 0 Å². The van der Waals surface area contributed by atoms with Crippen LogP contribution in [0.2, 0.25) is 0 Å². The Morgan fingerprint density at radius 1 is 1.23 bits per heavy atom. The van der Waals surface area contributed by atoms with Gasteiger partial charge in [0.25, 0.3) is 0 Å². The lowest BCUT2D eigenvalue weighted by molar-refractivity contribution is 0.303. The van der Waals surface area contributed by atoms with Gasteiger partial charge >= 0.3 is 0 Å². The van der Waals surface area contributed by atoms with Crippen molar-refractivity contribution in [1.29, 1.82) is 0 Å². The van der Waals surface area contributed by atoms with Crippen LogP contribution in [-0.2, 0) is 0 Å². The summed E-state index contributed by atoms with van der Waals surface area (Å²) in [5.41, 5.74) is 1.13. The second-order valence-corrected chi connectivity index (χ2v) is 3.55. The van der Waals surface area contributed by atoms with Crippen molar-refractivity contribution in [2.75, 3.05) is 19.6 Å². The minimum absolute atomic E-state index is 1.06. The summed E-state index contributed by atoms with van der Waals surface area (Å²) in [6.45, 7) is 13.8. The summed E-state index contributed by atoms with van der Waals surface area (Å²) in [7, 11) is 0. The van der Waals surface area contributed by atoms with Crippen LogP contribution in [0.5, 0.6) is 0 Å². The van der Waals surface area contributed by atoms with Gasteiger partial charge in [-0.1, -0.05) is 38.2 Å². The summed E-state index contributed by atoms with van der Waals surface area (Å²) in [5, 5.41) is 0. The molecule has 0 unspecified atom stereocenters. The lowest BCUT2D eigenvalue weighted by atomic mass is 10.3. The molecule has 0 saturated heterocycles. The van der Waals surface area contributed by atoms with Gasteiger partial charge in [-0.25, -0.2) is 0 Å². The van der Waals surface area contributed by atoms with Crippen LogP contribution in [0.25, 0.3) is 0 Å². The van der Waals surface area contributed by atoms with Crippen LogP contribution in [0.15, 0.2) is 24.3 Å². The van der Waals surface area contributed by atoms with Gasteiger partial charge in [-0.05, 0) is 32.9 Å². The van der Waals surface area contributed by atoms with Crippen molar-refractivity contribution >= 4 is 0 Å². The molecule has 0 fully saturated rings. The molecule has 13 heavy (non-hydrogen) atoms. The molecular formula is C12H23N. The van der Waals surface area contributed by atoms with Gasteiger partial charge in [0.2, 0.25) is 0 Å². The highest BCUT2D eigenvalue weighted by Crippen LogP contribution is 1.96. The molecule has 1 heteroatoms. The molecule has 0 bridgehead atoms. The van der Waals surface area contributed by atoms with Crippen LogP contribution in [0, 0.1) is 0 Å². The molecule has 0 aliphatic carbocycles. The third-order valence-corrected chi connectivity index (χ3v) is 1.85. The minimum atomic E-state index is 1.06. The molecule has 0 heterocycles. The second-order valence-electron chi connectivity index (χ2n) is 3.55. The monoisotopic (exact) mass is 181 g/mol. The topological polar surface area (TPSA) is 3.24 Å². The van der Waals surface area contributed by atoms with Crippen molar-refractivity contribution < 1.29 is 0 Å². The third kappa shape index (κ3) is 7.79. The minimum Gasteiger partial charge on any atom is -0.300 e. The molecule has 0 aromatic heterocycles. The van der Waals surface area contributed by atoms with E-state index >= 15 is 0 Å².